The lowest BCUT2D eigenvalue weighted by Gasteiger charge is -2.09. The van der Waals surface area contributed by atoms with Crippen LogP contribution in [0.3, 0.4) is 0 Å². The summed E-state index contributed by atoms with van der Waals surface area (Å²) in [6, 6.07) is -0.364. The van der Waals surface area contributed by atoms with Crippen molar-refractivity contribution >= 4 is 5.91 Å². The fourth-order valence-corrected chi connectivity index (χ4v) is 0.945. The Hall–Kier alpha value is -0.610. The second-order valence-electron chi connectivity index (χ2n) is 2.79. The van der Waals surface area contributed by atoms with Crippen LogP contribution in [-0.2, 0) is 4.79 Å². The van der Waals surface area contributed by atoms with Crippen LogP contribution in [0.2, 0.25) is 0 Å². The van der Waals surface area contributed by atoms with Crippen LogP contribution in [0.4, 0.5) is 0 Å². The summed E-state index contributed by atoms with van der Waals surface area (Å²) in [5.74, 6) is -0.0606. The molecule has 0 saturated carbocycles. The number of hydrogen-bond acceptors (Lipinski definition) is 3. The summed E-state index contributed by atoms with van der Waals surface area (Å²) in [6.07, 6.45) is 2.59. The maximum atomic E-state index is 11.1. The third-order valence-electron chi connectivity index (χ3n) is 1.66. The van der Waals surface area contributed by atoms with Crippen molar-refractivity contribution in [2.75, 3.05) is 13.1 Å². The Bertz CT molecular complexity index is 127. The van der Waals surface area contributed by atoms with Gasteiger partial charge < -0.3 is 16.8 Å². The average molecular weight is 173 g/mol. The Morgan fingerprint density at radius 3 is 2.67 bits per heavy atom. The minimum Gasteiger partial charge on any atom is -0.355 e. The van der Waals surface area contributed by atoms with E-state index in [-0.39, 0.29) is 11.9 Å². The minimum absolute atomic E-state index is 0.0606. The second kappa shape index (κ2) is 7.06. The van der Waals surface area contributed by atoms with Gasteiger partial charge in [-0.3, -0.25) is 4.79 Å². The second-order valence-corrected chi connectivity index (χ2v) is 2.79. The van der Waals surface area contributed by atoms with Crippen LogP contribution in [0.5, 0.6) is 0 Å². The maximum absolute atomic E-state index is 11.1. The van der Waals surface area contributed by atoms with Gasteiger partial charge in [0.2, 0.25) is 5.91 Å². The molecule has 0 aliphatic carbocycles. The molecule has 0 rings (SSSR count). The third-order valence-corrected chi connectivity index (χ3v) is 1.66. The molecule has 12 heavy (non-hydrogen) atoms. The standard InChI is InChI=1S/C8H19N3O/c1-2-11-8(12)7(10)5-3-4-6-9/h7H,2-6,9-10H2,1H3,(H,11,12)/t7-/m1/s1. The topological polar surface area (TPSA) is 81.1 Å². The molecule has 0 aromatic carbocycles. The summed E-state index contributed by atoms with van der Waals surface area (Å²) in [6.45, 7) is 3.19. The van der Waals surface area contributed by atoms with Crippen molar-refractivity contribution in [2.24, 2.45) is 11.5 Å². The summed E-state index contributed by atoms with van der Waals surface area (Å²) >= 11 is 0. The van der Waals surface area contributed by atoms with Gasteiger partial charge in [-0.2, -0.15) is 0 Å². The number of amides is 1. The van der Waals surface area contributed by atoms with Crippen molar-refractivity contribution in [2.45, 2.75) is 32.2 Å². The highest BCUT2D eigenvalue weighted by Crippen LogP contribution is 1.97. The zero-order valence-corrected chi connectivity index (χ0v) is 7.68. The van der Waals surface area contributed by atoms with Gasteiger partial charge in [0.25, 0.3) is 0 Å². The summed E-state index contributed by atoms with van der Waals surface area (Å²) < 4.78 is 0. The number of likely N-dealkylation sites (N-methyl/N-ethyl adjacent to an activating group) is 1. The molecule has 0 heterocycles. The molecular weight excluding hydrogens is 154 g/mol. The molecule has 72 valence electrons. The first kappa shape index (κ1) is 11.4. The first-order chi connectivity index (χ1) is 5.72. The molecule has 5 N–H and O–H groups in total. The fourth-order valence-electron chi connectivity index (χ4n) is 0.945. The largest absolute Gasteiger partial charge is 0.355 e. The van der Waals surface area contributed by atoms with E-state index < -0.39 is 0 Å². The van der Waals surface area contributed by atoms with Gasteiger partial charge in [-0.25, -0.2) is 0 Å². The van der Waals surface area contributed by atoms with Crippen molar-refractivity contribution in [3.05, 3.63) is 0 Å². The van der Waals surface area contributed by atoms with E-state index in [0.717, 1.165) is 19.3 Å². The number of hydrogen-bond donors (Lipinski definition) is 3. The van der Waals surface area contributed by atoms with Gasteiger partial charge in [0, 0.05) is 6.54 Å². The van der Waals surface area contributed by atoms with E-state index in [1.165, 1.54) is 0 Å². The van der Waals surface area contributed by atoms with Gasteiger partial charge in [0.05, 0.1) is 6.04 Å². The quantitative estimate of drug-likeness (QED) is 0.477. The molecular formula is C8H19N3O. The first-order valence-electron chi connectivity index (χ1n) is 4.45. The molecule has 1 atom stereocenters. The van der Waals surface area contributed by atoms with Crippen LogP contribution < -0.4 is 16.8 Å². The molecule has 0 aromatic heterocycles. The summed E-state index contributed by atoms with van der Waals surface area (Å²) in [4.78, 5) is 11.1. The summed E-state index contributed by atoms with van der Waals surface area (Å²) in [5, 5.41) is 2.68. The first-order valence-corrected chi connectivity index (χ1v) is 4.45. The van der Waals surface area contributed by atoms with Crippen LogP contribution in [0.25, 0.3) is 0 Å². The minimum atomic E-state index is -0.364. The van der Waals surface area contributed by atoms with Crippen LogP contribution in [0.1, 0.15) is 26.2 Å². The Kier molecular flexibility index (Phi) is 6.70. The number of carbonyl (C=O) groups excluding carboxylic acids is 1. The molecule has 0 saturated heterocycles. The molecule has 0 aliphatic heterocycles. The summed E-state index contributed by atoms with van der Waals surface area (Å²) in [7, 11) is 0. The van der Waals surface area contributed by atoms with Crippen LogP contribution in [0, 0.1) is 0 Å². The van der Waals surface area contributed by atoms with Crippen molar-refractivity contribution in [1.82, 2.24) is 5.32 Å². The highest BCUT2D eigenvalue weighted by atomic mass is 16.2. The lowest BCUT2D eigenvalue weighted by molar-refractivity contribution is -0.122. The Morgan fingerprint density at radius 1 is 1.50 bits per heavy atom. The normalized spacial score (nSPS) is 12.6. The predicted octanol–water partition coefficient (Wildman–Crippen LogP) is -0.421. The highest BCUT2D eigenvalue weighted by Gasteiger charge is 2.10. The molecule has 1 amide bonds. The van der Waals surface area contributed by atoms with Crippen LogP contribution in [-0.4, -0.2) is 25.0 Å². The van der Waals surface area contributed by atoms with E-state index in [1.54, 1.807) is 0 Å². The molecule has 0 unspecified atom stereocenters. The van der Waals surface area contributed by atoms with Crippen molar-refractivity contribution in [1.29, 1.82) is 0 Å². The lowest BCUT2D eigenvalue weighted by atomic mass is 10.1. The maximum Gasteiger partial charge on any atom is 0.236 e. The molecule has 4 heteroatoms. The van der Waals surface area contributed by atoms with Crippen molar-refractivity contribution < 1.29 is 4.79 Å². The van der Waals surface area contributed by atoms with E-state index in [1.807, 2.05) is 6.92 Å². The van der Waals surface area contributed by atoms with Crippen molar-refractivity contribution in [3.8, 4) is 0 Å². The number of nitrogens with one attached hydrogen (secondary N) is 1. The smallest absolute Gasteiger partial charge is 0.236 e. The Morgan fingerprint density at radius 2 is 2.17 bits per heavy atom. The van der Waals surface area contributed by atoms with E-state index in [9.17, 15) is 4.79 Å². The SMILES string of the molecule is CCNC(=O)[C@H](N)CCCCN. The van der Waals surface area contributed by atoms with Gasteiger partial charge in [0.15, 0.2) is 0 Å². The van der Waals surface area contributed by atoms with Gasteiger partial charge in [0.1, 0.15) is 0 Å². The monoisotopic (exact) mass is 173 g/mol. The zero-order chi connectivity index (χ0) is 9.40. The Labute approximate surface area is 73.7 Å². The molecule has 0 radical (unpaired) electrons. The van der Waals surface area contributed by atoms with Gasteiger partial charge >= 0.3 is 0 Å². The molecule has 0 fully saturated rings. The van der Waals surface area contributed by atoms with E-state index in [4.69, 9.17) is 11.5 Å². The Balaban J connectivity index is 3.42. The van der Waals surface area contributed by atoms with E-state index in [2.05, 4.69) is 5.32 Å². The summed E-state index contributed by atoms with van der Waals surface area (Å²) in [5.41, 5.74) is 10.9. The molecule has 0 aliphatic rings. The van der Waals surface area contributed by atoms with E-state index in [0.29, 0.717) is 13.1 Å². The van der Waals surface area contributed by atoms with Gasteiger partial charge in [-0.05, 0) is 26.3 Å². The highest BCUT2D eigenvalue weighted by molar-refractivity contribution is 5.81. The number of nitrogens with two attached hydrogens (primary N) is 2. The predicted molar refractivity (Wildman–Crippen MR) is 49.6 cm³/mol. The number of unbranched alkanes of at least 4 members (excludes halogenated alkanes) is 1. The molecule has 0 aromatic rings. The van der Waals surface area contributed by atoms with Crippen molar-refractivity contribution in [3.63, 3.8) is 0 Å². The average Bonchev–Trinajstić information content (AvgIpc) is 2.05. The van der Waals surface area contributed by atoms with Gasteiger partial charge in [-0.1, -0.05) is 6.42 Å². The number of rotatable bonds is 6. The zero-order valence-electron chi connectivity index (χ0n) is 7.68. The number of carbonyl (C=O) groups is 1. The van der Waals surface area contributed by atoms with Crippen LogP contribution in [0.15, 0.2) is 0 Å². The van der Waals surface area contributed by atoms with E-state index >= 15 is 0 Å². The van der Waals surface area contributed by atoms with Gasteiger partial charge in [-0.15, -0.1) is 0 Å². The fraction of sp³-hybridized carbons (Fsp3) is 0.875. The molecule has 4 nitrogen and oxygen atoms in total. The van der Waals surface area contributed by atoms with Crippen LogP contribution >= 0.6 is 0 Å². The molecule has 0 bridgehead atoms. The molecule has 0 spiro atoms. The lowest BCUT2D eigenvalue weighted by Crippen LogP contribution is -2.40. The third kappa shape index (κ3) is 5.09.